The Morgan fingerprint density at radius 1 is 1.16 bits per heavy atom. The van der Waals surface area contributed by atoms with Crippen LogP contribution in [0.4, 0.5) is 14.5 Å². The SMILES string of the molecule is NC(=O)c1cc2cc(OC(F)F)c(-c3nn(CC(=O)N4CCC(=O)CC4)cc3NC(=O)c3cnn4cccnc34)cc2s1. The number of aromatic nitrogens is 5. The topological polar surface area (TPSA) is 167 Å². The molecule has 6 rings (SSSR count). The average molecular weight is 609 g/mol. The van der Waals surface area contributed by atoms with Gasteiger partial charge in [-0.15, -0.1) is 11.3 Å². The van der Waals surface area contributed by atoms with Crippen LogP contribution in [0.25, 0.3) is 27.0 Å². The number of nitrogens with zero attached hydrogens (tertiary/aromatic N) is 6. The van der Waals surface area contributed by atoms with Crippen LogP contribution in [0.2, 0.25) is 0 Å². The van der Waals surface area contributed by atoms with Gasteiger partial charge in [0.15, 0.2) is 5.65 Å². The van der Waals surface area contributed by atoms with Gasteiger partial charge in [-0.25, -0.2) is 9.50 Å². The number of benzene rings is 1. The second-order valence-corrected chi connectivity index (χ2v) is 10.7. The van der Waals surface area contributed by atoms with E-state index in [-0.39, 0.29) is 82.9 Å². The summed E-state index contributed by atoms with van der Waals surface area (Å²) < 4.78 is 35.1. The predicted molar refractivity (Wildman–Crippen MR) is 150 cm³/mol. The third-order valence-electron chi connectivity index (χ3n) is 6.84. The molecule has 4 aromatic heterocycles. The molecule has 1 fully saturated rings. The number of fused-ring (bicyclic) bond motifs is 2. The van der Waals surface area contributed by atoms with Gasteiger partial charge in [-0.2, -0.15) is 19.0 Å². The molecule has 3 amide bonds. The van der Waals surface area contributed by atoms with Crippen LogP contribution in [0.3, 0.4) is 0 Å². The van der Waals surface area contributed by atoms with E-state index in [9.17, 15) is 28.0 Å². The molecule has 1 saturated heterocycles. The maximum Gasteiger partial charge on any atom is 0.387 e. The lowest BCUT2D eigenvalue weighted by molar-refractivity contribution is -0.135. The number of hydrogen-bond acceptors (Lipinski definition) is 9. The van der Waals surface area contributed by atoms with E-state index in [0.717, 1.165) is 11.3 Å². The number of halogens is 2. The Morgan fingerprint density at radius 3 is 2.70 bits per heavy atom. The Hall–Kier alpha value is -5.25. The first-order valence-corrected chi connectivity index (χ1v) is 13.8. The van der Waals surface area contributed by atoms with Crippen LogP contribution in [-0.4, -0.2) is 72.5 Å². The van der Waals surface area contributed by atoms with Crippen molar-refractivity contribution in [3.63, 3.8) is 0 Å². The number of ether oxygens (including phenoxy) is 1. The fraction of sp³-hybridized carbons (Fsp3) is 0.222. The normalized spacial score (nSPS) is 13.7. The van der Waals surface area contributed by atoms with E-state index in [0.29, 0.717) is 10.1 Å². The Morgan fingerprint density at radius 2 is 1.95 bits per heavy atom. The van der Waals surface area contributed by atoms with Gasteiger partial charge in [-0.3, -0.25) is 23.9 Å². The quantitative estimate of drug-likeness (QED) is 0.271. The summed E-state index contributed by atoms with van der Waals surface area (Å²) in [5.41, 5.74) is 6.04. The monoisotopic (exact) mass is 608 g/mol. The number of carbonyl (C=O) groups excluding carboxylic acids is 4. The van der Waals surface area contributed by atoms with Crippen molar-refractivity contribution in [3.8, 4) is 17.0 Å². The number of hydrogen-bond donors (Lipinski definition) is 2. The highest BCUT2D eigenvalue weighted by molar-refractivity contribution is 7.20. The minimum Gasteiger partial charge on any atom is -0.434 e. The molecule has 1 aliphatic rings. The van der Waals surface area contributed by atoms with Crippen LogP contribution in [0.15, 0.2) is 49.1 Å². The molecule has 13 nitrogen and oxygen atoms in total. The summed E-state index contributed by atoms with van der Waals surface area (Å²) in [6.07, 6.45) is 6.37. The lowest BCUT2D eigenvalue weighted by Gasteiger charge is -2.25. The molecule has 1 aromatic carbocycles. The number of carbonyl (C=O) groups is 4. The number of piperidine rings is 1. The summed E-state index contributed by atoms with van der Waals surface area (Å²) in [7, 11) is 0. The van der Waals surface area contributed by atoms with Gasteiger partial charge in [0.25, 0.3) is 11.8 Å². The summed E-state index contributed by atoms with van der Waals surface area (Å²) in [4.78, 5) is 55.7. The van der Waals surface area contributed by atoms with Crippen molar-refractivity contribution in [1.29, 1.82) is 0 Å². The molecule has 5 heterocycles. The van der Waals surface area contributed by atoms with E-state index < -0.39 is 18.4 Å². The van der Waals surface area contributed by atoms with Gasteiger partial charge in [-0.1, -0.05) is 0 Å². The molecule has 0 saturated carbocycles. The second-order valence-electron chi connectivity index (χ2n) is 9.65. The highest BCUT2D eigenvalue weighted by atomic mass is 32.1. The van der Waals surface area contributed by atoms with Crippen LogP contribution < -0.4 is 15.8 Å². The number of thiophene rings is 1. The average Bonchev–Trinajstić information content (AvgIpc) is 3.69. The molecule has 3 N–H and O–H groups in total. The summed E-state index contributed by atoms with van der Waals surface area (Å²) in [5.74, 6) is -1.80. The van der Waals surface area contributed by atoms with Crippen molar-refractivity contribution in [2.24, 2.45) is 5.73 Å². The molecule has 16 heteroatoms. The smallest absolute Gasteiger partial charge is 0.387 e. The molecule has 0 atom stereocenters. The fourth-order valence-electron chi connectivity index (χ4n) is 4.78. The van der Waals surface area contributed by atoms with Crippen LogP contribution in [0.1, 0.15) is 32.9 Å². The molecule has 0 spiro atoms. The molecule has 0 unspecified atom stereocenters. The largest absolute Gasteiger partial charge is 0.434 e. The Balaban J connectivity index is 1.42. The van der Waals surface area contributed by atoms with E-state index >= 15 is 0 Å². The molecule has 0 radical (unpaired) electrons. The van der Waals surface area contributed by atoms with Crippen LogP contribution in [-0.2, 0) is 16.1 Å². The summed E-state index contributed by atoms with van der Waals surface area (Å²) in [6, 6.07) is 5.94. The van der Waals surface area contributed by atoms with Crippen molar-refractivity contribution in [3.05, 3.63) is 59.5 Å². The highest BCUT2D eigenvalue weighted by Crippen LogP contribution is 2.40. The summed E-state index contributed by atoms with van der Waals surface area (Å²) in [6.45, 7) is -2.88. The molecule has 220 valence electrons. The summed E-state index contributed by atoms with van der Waals surface area (Å²) in [5, 5.41) is 11.8. The minimum atomic E-state index is -3.20. The first-order valence-electron chi connectivity index (χ1n) is 13.0. The Labute approximate surface area is 244 Å². The lowest BCUT2D eigenvalue weighted by Crippen LogP contribution is -2.40. The van der Waals surface area contributed by atoms with E-state index in [1.807, 2.05) is 0 Å². The number of likely N-dealkylation sites (tertiary alicyclic amines) is 1. The van der Waals surface area contributed by atoms with E-state index in [4.69, 9.17) is 10.5 Å². The predicted octanol–water partition coefficient (Wildman–Crippen LogP) is 2.95. The number of anilines is 1. The van der Waals surface area contributed by atoms with Gasteiger partial charge in [0.2, 0.25) is 5.91 Å². The van der Waals surface area contributed by atoms with E-state index in [1.54, 1.807) is 17.2 Å². The fourth-order valence-corrected chi connectivity index (χ4v) is 5.72. The number of Topliss-reactive ketones (excluding diaryl/α,β-unsaturated/α-hetero) is 1. The van der Waals surface area contributed by atoms with Gasteiger partial charge in [0, 0.05) is 54.8 Å². The molecular weight excluding hydrogens is 586 g/mol. The number of alkyl halides is 2. The highest BCUT2D eigenvalue weighted by Gasteiger charge is 2.25. The number of primary amides is 1. The van der Waals surface area contributed by atoms with Crippen molar-refractivity contribution >= 4 is 56.3 Å². The van der Waals surface area contributed by atoms with E-state index in [1.165, 1.54) is 46.0 Å². The van der Waals surface area contributed by atoms with E-state index in [2.05, 4.69) is 20.5 Å². The zero-order chi connectivity index (χ0) is 30.2. The van der Waals surface area contributed by atoms with Crippen LogP contribution in [0, 0.1) is 0 Å². The molecule has 43 heavy (non-hydrogen) atoms. The third kappa shape index (κ3) is 5.63. The van der Waals surface area contributed by atoms with Gasteiger partial charge in [0.1, 0.15) is 29.3 Å². The zero-order valence-corrected chi connectivity index (χ0v) is 23.0. The van der Waals surface area contributed by atoms with Crippen LogP contribution >= 0.6 is 11.3 Å². The molecule has 5 aromatic rings. The third-order valence-corrected chi connectivity index (χ3v) is 7.95. The van der Waals surface area contributed by atoms with Crippen molar-refractivity contribution < 1.29 is 32.7 Å². The standard InChI is InChI=1S/C27H22F2N8O5S/c28-27(29)42-19-8-14-9-21(24(30)40)43-20(14)10-16(19)23-18(33-26(41)17-11-32-37-5-1-4-31-25(17)37)12-36(34-23)13-22(39)35-6-2-15(38)3-7-35/h1,4-5,8-12,27H,2-3,6-7,13H2,(H2,30,40)(H,33,41). The Bertz CT molecular complexity index is 1910. The lowest BCUT2D eigenvalue weighted by atomic mass is 10.1. The minimum absolute atomic E-state index is 0.0333. The molecule has 1 aliphatic heterocycles. The van der Waals surface area contributed by atoms with Gasteiger partial charge in [-0.05, 0) is 29.7 Å². The second kappa shape index (κ2) is 11.2. The molecular formula is C27H22F2N8O5S. The number of rotatable bonds is 8. The maximum absolute atomic E-state index is 13.5. The number of amides is 3. The van der Waals surface area contributed by atoms with Crippen LogP contribution in [0.5, 0.6) is 5.75 Å². The molecule has 0 bridgehead atoms. The zero-order valence-electron chi connectivity index (χ0n) is 22.2. The van der Waals surface area contributed by atoms with Crippen molar-refractivity contribution in [2.75, 3.05) is 18.4 Å². The molecule has 0 aliphatic carbocycles. The Kier molecular flexibility index (Phi) is 7.27. The van der Waals surface area contributed by atoms with Crippen molar-refractivity contribution in [1.82, 2.24) is 29.3 Å². The summed E-state index contributed by atoms with van der Waals surface area (Å²) >= 11 is 1.05. The van der Waals surface area contributed by atoms with Gasteiger partial charge in [0.05, 0.1) is 16.8 Å². The van der Waals surface area contributed by atoms with Gasteiger partial charge >= 0.3 is 6.61 Å². The van der Waals surface area contributed by atoms with Gasteiger partial charge < -0.3 is 20.7 Å². The number of nitrogens with two attached hydrogens (primary N) is 1. The maximum atomic E-state index is 13.5. The number of ketones is 1. The number of nitrogens with one attached hydrogen (secondary N) is 1. The van der Waals surface area contributed by atoms with Crippen molar-refractivity contribution in [2.45, 2.75) is 26.0 Å². The first kappa shape index (κ1) is 27.9. The first-order chi connectivity index (χ1) is 20.7.